The van der Waals surface area contributed by atoms with Crippen LogP contribution in [0.15, 0.2) is 29.9 Å². The van der Waals surface area contributed by atoms with Gasteiger partial charge >= 0.3 is 0 Å². The van der Waals surface area contributed by atoms with Gasteiger partial charge in [-0.2, -0.15) is 0 Å². The predicted octanol–water partition coefficient (Wildman–Crippen LogP) is 3.51. The number of nitrogens with one attached hydrogen (secondary N) is 2. The van der Waals surface area contributed by atoms with Gasteiger partial charge in [-0.05, 0) is 50.2 Å². The molecule has 0 aliphatic heterocycles. The second-order valence-electron chi connectivity index (χ2n) is 6.81. The minimum Gasteiger partial charge on any atom is -0.361 e. The molecule has 0 unspecified atom stereocenters. The first kappa shape index (κ1) is 19.3. The van der Waals surface area contributed by atoms with Crippen molar-refractivity contribution in [3.05, 3.63) is 29.9 Å². The number of hydrogen-bond donors (Lipinski definition) is 2. The molecule has 1 saturated carbocycles. The Kier molecular flexibility index (Phi) is 6.61. The van der Waals surface area contributed by atoms with Crippen molar-refractivity contribution in [3.63, 3.8) is 0 Å². The van der Waals surface area contributed by atoms with Crippen LogP contribution in [0.5, 0.6) is 0 Å². The molecule has 0 amide bonds. The lowest BCUT2D eigenvalue weighted by Crippen LogP contribution is -2.39. The molecule has 1 aliphatic rings. The molecule has 3 rings (SSSR count). The fourth-order valence-corrected chi connectivity index (χ4v) is 5.43. The van der Waals surface area contributed by atoms with Crippen molar-refractivity contribution in [2.45, 2.75) is 45.1 Å². The Morgan fingerprint density at radius 2 is 2.08 bits per heavy atom. The van der Waals surface area contributed by atoms with E-state index in [0.717, 1.165) is 48.6 Å². The summed E-state index contributed by atoms with van der Waals surface area (Å²) >= 11 is 1.61. The molecular weight excluding hydrogens is 368 g/mol. The van der Waals surface area contributed by atoms with E-state index in [1.54, 1.807) is 17.5 Å². The maximum atomic E-state index is 11.9. The van der Waals surface area contributed by atoms with Crippen LogP contribution in [-0.2, 0) is 10.0 Å². The topological polar surface area (TPSA) is 84.0 Å². The van der Waals surface area contributed by atoms with Crippen LogP contribution in [0.25, 0.3) is 11.3 Å². The second kappa shape index (κ2) is 8.92. The Morgan fingerprint density at radius 3 is 2.77 bits per heavy atom. The van der Waals surface area contributed by atoms with Crippen LogP contribution in [0.1, 0.15) is 39.0 Å². The molecule has 2 aromatic heterocycles. The normalized spacial score (nSPS) is 20.8. The van der Waals surface area contributed by atoms with Gasteiger partial charge in [-0.1, -0.05) is 6.92 Å². The third kappa shape index (κ3) is 5.49. The SMILES string of the molecule is CCCS(=O)(=O)NC1CCC(CNc2nc(-c3cccnc3)cs2)CC1. The van der Waals surface area contributed by atoms with Crippen LogP contribution in [-0.4, -0.2) is 36.7 Å². The van der Waals surface area contributed by atoms with Crippen molar-refractivity contribution in [2.75, 3.05) is 17.6 Å². The smallest absolute Gasteiger partial charge is 0.211 e. The Balaban J connectivity index is 1.44. The highest BCUT2D eigenvalue weighted by atomic mass is 32.2. The Hall–Kier alpha value is -1.51. The van der Waals surface area contributed by atoms with Crippen LogP contribution in [0, 0.1) is 5.92 Å². The quantitative estimate of drug-likeness (QED) is 0.716. The first-order valence-corrected chi connectivity index (χ1v) is 11.7. The van der Waals surface area contributed by atoms with Crippen molar-refractivity contribution in [2.24, 2.45) is 5.92 Å². The van der Waals surface area contributed by atoms with E-state index in [0.29, 0.717) is 12.3 Å². The van der Waals surface area contributed by atoms with E-state index in [2.05, 4.69) is 20.0 Å². The fourth-order valence-electron chi connectivity index (χ4n) is 3.30. The van der Waals surface area contributed by atoms with Gasteiger partial charge < -0.3 is 5.32 Å². The van der Waals surface area contributed by atoms with Crippen LogP contribution < -0.4 is 10.0 Å². The van der Waals surface area contributed by atoms with Gasteiger partial charge in [-0.3, -0.25) is 4.98 Å². The molecule has 1 fully saturated rings. The third-order valence-electron chi connectivity index (χ3n) is 4.67. The summed E-state index contributed by atoms with van der Waals surface area (Å²) in [5.74, 6) is 0.783. The Labute approximate surface area is 159 Å². The van der Waals surface area contributed by atoms with Crippen LogP contribution in [0.4, 0.5) is 5.13 Å². The molecule has 26 heavy (non-hydrogen) atoms. The zero-order valence-electron chi connectivity index (χ0n) is 15.0. The number of rotatable bonds is 8. The van der Waals surface area contributed by atoms with E-state index in [9.17, 15) is 8.42 Å². The van der Waals surface area contributed by atoms with Crippen molar-refractivity contribution >= 4 is 26.5 Å². The summed E-state index contributed by atoms with van der Waals surface area (Å²) in [5, 5.41) is 6.40. The molecule has 0 aromatic carbocycles. The molecule has 8 heteroatoms. The molecule has 0 saturated heterocycles. The first-order valence-electron chi connectivity index (χ1n) is 9.15. The molecule has 0 atom stereocenters. The number of anilines is 1. The fraction of sp³-hybridized carbons (Fsp3) is 0.556. The Morgan fingerprint density at radius 1 is 1.27 bits per heavy atom. The van der Waals surface area contributed by atoms with Crippen molar-refractivity contribution in [3.8, 4) is 11.3 Å². The van der Waals surface area contributed by atoms with Crippen molar-refractivity contribution in [1.82, 2.24) is 14.7 Å². The predicted molar refractivity (Wildman–Crippen MR) is 107 cm³/mol. The number of sulfonamides is 1. The number of pyridine rings is 1. The standard InChI is InChI=1S/C18H26N4O2S2/c1-2-10-26(23,24)22-16-7-5-14(6-8-16)11-20-18-21-17(13-25-18)15-4-3-9-19-12-15/h3-4,9,12-14,16,22H,2,5-8,10-11H2,1H3,(H,20,21). The van der Waals surface area contributed by atoms with Crippen LogP contribution in [0.2, 0.25) is 0 Å². The highest BCUT2D eigenvalue weighted by Crippen LogP contribution is 2.27. The van der Waals surface area contributed by atoms with Gasteiger partial charge in [0.05, 0.1) is 11.4 Å². The number of aromatic nitrogens is 2. The number of hydrogen-bond acceptors (Lipinski definition) is 6. The van der Waals surface area contributed by atoms with Crippen molar-refractivity contribution < 1.29 is 8.42 Å². The summed E-state index contributed by atoms with van der Waals surface area (Å²) in [4.78, 5) is 8.75. The first-order chi connectivity index (χ1) is 12.6. The van der Waals surface area contributed by atoms with Gasteiger partial charge in [-0.25, -0.2) is 18.1 Å². The zero-order valence-corrected chi connectivity index (χ0v) is 16.7. The minimum absolute atomic E-state index is 0.0971. The van der Waals surface area contributed by atoms with E-state index < -0.39 is 10.0 Å². The lowest BCUT2D eigenvalue weighted by atomic mass is 9.86. The summed E-state index contributed by atoms with van der Waals surface area (Å²) < 4.78 is 26.6. The average molecular weight is 395 g/mol. The summed E-state index contributed by atoms with van der Waals surface area (Å²) in [6.07, 6.45) is 8.12. The average Bonchev–Trinajstić information content (AvgIpc) is 3.10. The van der Waals surface area contributed by atoms with Gasteiger partial charge in [-0.15, -0.1) is 11.3 Å². The maximum Gasteiger partial charge on any atom is 0.211 e. The van der Waals surface area contributed by atoms with Gasteiger partial charge in [0.1, 0.15) is 0 Å². The number of nitrogens with zero attached hydrogens (tertiary/aromatic N) is 2. The molecule has 142 valence electrons. The number of thiazole rings is 1. The van der Waals surface area contributed by atoms with E-state index in [1.165, 1.54) is 0 Å². The molecule has 6 nitrogen and oxygen atoms in total. The molecular formula is C18H26N4O2S2. The van der Waals surface area contributed by atoms with E-state index in [4.69, 9.17) is 0 Å². The third-order valence-corrected chi connectivity index (χ3v) is 7.11. The molecule has 0 radical (unpaired) electrons. The molecule has 2 heterocycles. The van der Waals surface area contributed by atoms with E-state index in [-0.39, 0.29) is 11.8 Å². The van der Waals surface area contributed by atoms with Crippen LogP contribution >= 0.6 is 11.3 Å². The lowest BCUT2D eigenvalue weighted by molar-refractivity contribution is 0.324. The molecule has 0 spiro atoms. The lowest BCUT2D eigenvalue weighted by Gasteiger charge is -2.29. The van der Waals surface area contributed by atoms with Crippen molar-refractivity contribution in [1.29, 1.82) is 0 Å². The summed E-state index contributed by atoms with van der Waals surface area (Å²) in [7, 11) is -3.11. The molecule has 2 aromatic rings. The van der Waals surface area contributed by atoms with Gasteiger partial charge in [0.15, 0.2) is 5.13 Å². The van der Waals surface area contributed by atoms with E-state index in [1.807, 2.05) is 30.6 Å². The molecule has 2 N–H and O–H groups in total. The summed E-state index contributed by atoms with van der Waals surface area (Å²) in [6, 6.07) is 4.02. The van der Waals surface area contributed by atoms with Gasteiger partial charge in [0, 0.05) is 35.9 Å². The van der Waals surface area contributed by atoms with Crippen LogP contribution in [0.3, 0.4) is 0 Å². The zero-order chi connectivity index (χ0) is 18.4. The van der Waals surface area contributed by atoms with E-state index >= 15 is 0 Å². The van der Waals surface area contributed by atoms with Gasteiger partial charge in [0.2, 0.25) is 10.0 Å². The monoisotopic (exact) mass is 394 g/mol. The summed E-state index contributed by atoms with van der Waals surface area (Å²) in [6.45, 7) is 2.77. The maximum absolute atomic E-state index is 11.9. The largest absolute Gasteiger partial charge is 0.361 e. The minimum atomic E-state index is -3.11. The highest BCUT2D eigenvalue weighted by molar-refractivity contribution is 7.89. The Bertz CT molecular complexity index is 785. The highest BCUT2D eigenvalue weighted by Gasteiger charge is 2.24. The van der Waals surface area contributed by atoms with Gasteiger partial charge in [0.25, 0.3) is 0 Å². The summed E-state index contributed by atoms with van der Waals surface area (Å²) in [5.41, 5.74) is 1.97. The second-order valence-corrected chi connectivity index (χ2v) is 9.55. The molecule has 1 aliphatic carbocycles. The molecule has 0 bridgehead atoms.